The molecule has 7 heteroatoms. The lowest BCUT2D eigenvalue weighted by Gasteiger charge is -2.24. The molecule has 1 atom stereocenters. The summed E-state index contributed by atoms with van der Waals surface area (Å²) < 4.78 is 24.8. The topological polar surface area (TPSA) is 92.3 Å². The number of hydrogen-bond acceptors (Lipinski definition) is 4. The van der Waals surface area contributed by atoms with Crippen LogP contribution in [0.5, 0.6) is 0 Å². The van der Waals surface area contributed by atoms with Crippen LogP contribution in [0.2, 0.25) is 0 Å². The Labute approximate surface area is 143 Å². The molecule has 0 radical (unpaired) electrons. The number of carbonyl (C=O) groups is 2. The van der Waals surface area contributed by atoms with Gasteiger partial charge in [-0.1, -0.05) is 12.1 Å². The van der Waals surface area contributed by atoms with Gasteiger partial charge in [-0.05, 0) is 53.7 Å². The largest absolute Gasteiger partial charge is 0.350 e. The van der Waals surface area contributed by atoms with Gasteiger partial charge in [0.2, 0.25) is 5.91 Å². The van der Waals surface area contributed by atoms with Gasteiger partial charge in [-0.25, -0.2) is 8.42 Å². The average molecular weight is 354 g/mol. The molecule has 0 aliphatic carbocycles. The average Bonchev–Trinajstić information content (AvgIpc) is 2.45. The minimum atomic E-state index is -3.60. The molecule has 0 aromatic heterocycles. The molecule has 1 rings (SSSR count). The predicted molar refractivity (Wildman–Crippen MR) is 93.6 cm³/mol. The molecule has 0 aliphatic rings. The number of amides is 2. The lowest BCUT2D eigenvalue weighted by Crippen LogP contribution is -2.51. The Morgan fingerprint density at radius 1 is 1.04 bits per heavy atom. The molecule has 0 fully saturated rings. The minimum Gasteiger partial charge on any atom is -0.350 e. The Morgan fingerprint density at radius 2 is 1.58 bits per heavy atom. The standard InChI is InChI=1S/C17H26N2O4S/c1-11(2)24(22,23)14-10-8-7-9-13(14)16(21)18-12(3)15(20)19-17(4,5)6/h7-12H,1-6H3,(H,18,21)(H,19,20). The van der Waals surface area contributed by atoms with E-state index in [0.29, 0.717) is 0 Å². The Hall–Kier alpha value is -1.89. The summed E-state index contributed by atoms with van der Waals surface area (Å²) in [5.41, 5.74) is -0.379. The molecule has 2 N–H and O–H groups in total. The molecule has 0 saturated carbocycles. The fourth-order valence-corrected chi connectivity index (χ4v) is 3.22. The van der Waals surface area contributed by atoms with Crippen molar-refractivity contribution >= 4 is 21.7 Å². The van der Waals surface area contributed by atoms with Crippen molar-refractivity contribution < 1.29 is 18.0 Å². The first-order valence-electron chi connectivity index (χ1n) is 7.82. The Morgan fingerprint density at radius 3 is 2.08 bits per heavy atom. The summed E-state index contributed by atoms with van der Waals surface area (Å²) in [6.45, 7) is 10.2. The third-order valence-electron chi connectivity index (χ3n) is 3.30. The van der Waals surface area contributed by atoms with Crippen molar-refractivity contribution in [2.24, 2.45) is 0 Å². The lowest BCUT2D eigenvalue weighted by molar-refractivity contribution is -0.124. The second-order valence-corrected chi connectivity index (χ2v) is 9.50. The molecule has 24 heavy (non-hydrogen) atoms. The van der Waals surface area contributed by atoms with E-state index in [0.717, 1.165) is 0 Å². The maximum Gasteiger partial charge on any atom is 0.253 e. The zero-order valence-corrected chi connectivity index (χ0v) is 15.8. The van der Waals surface area contributed by atoms with E-state index in [1.165, 1.54) is 12.1 Å². The molecular formula is C17H26N2O4S. The summed E-state index contributed by atoms with van der Waals surface area (Å²) in [5.74, 6) is -0.925. The molecule has 0 aliphatic heterocycles. The fraction of sp³-hybridized carbons (Fsp3) is 0.529. The number of benzene rings is 1. The summed E-state index contributed by atoms with van der Waals surface area (Å²) >= 11 is 0. The minimum absolute atomic E-state index is 0.0269. The quantitative estimate of drug-likeness (QED) is 0.845. The molecule has 1 aromatic carbocycles. The van der Waals surface area contributed by atoms with Crippen LogP contribution in [0.4, 0.5) is 0 Å². The second-order valence-electron chi connectivity index (χ2n) is 7.02. The number of sulfone groups is 1. The van der Waals surface area contributed by atoms with Crippen molar-refractivity contribution in [1.82, 2.24) is 10.6 Å². The molecule has 0 saturated heterocycles. The maximum absolute atomic E-state index is 12.5. The smallest absolute Gasteiger partial charge is 0.253 e. The van der Waals surface area contributed by atoms with Crippen molar-refractivity contribution in [2.75, 3.05) is 0 Å². The highest BCUT2D eigenvalue weighted by Crippen LogP contribution is 2.20. The zero-order valence-electron chi connectivity index (χ0n) is 15.0. The predicted octanol–water partition coefficient (Wildman–Crippen LogP) is 1.90. The molecule has 1 unspecified atom stereocenters. The van der Waals surface area contributed by atoms with Crippen molar-refractivity contribution in [3.8, 4) is 0 Å². The molecular weight excluding hydrogens is 328 g/mol. The van der Waals surface area contributed by atoms with Crippen LogP contribution >= 0.6 is 0 Å². The SMILES string of the molecule is CC(NC(=O)c1ccccc1S(=O)(=O)C(C)C)C(=O)NC(C)(C)C. The van der Waals surface area contributed by atoms with Crippen LogP contribution in [0.3, 0.4) is 0 Å². The van der Waals surface area contributed by atoms with Gasteiger partial charge in [0.05, 0.1) is 15.7 Å². The van der Waals surface area contributed by atoms with E-state index in [-0.39, 0.29) is 16.4 Å². The van der Waals surface area contributed by atoms with Crippen LogP contribution < -0.4 is 10.6 Å². The Bertz CT molecular complexity index is 718. The van der Waals surface area contributed by atoms with Crippen LogP contribution in [-0.2, 0) is 14.6 Å². The summed E-state index contributed by atoms with van der Waals surface area (Å²) in [6, 6.07) is 5.23. The highest BCUT2D eigenvalue weighted by molar-refractivity contribution is 7.92. The number of hydrogen-bond donors (Lipinski definition) is 2. The van der Waals surface area contributed by atoms with Crippen LogP contribution in [0.1, 0.15) is 51.9 Å². The van der Waals surface area contributed by atoms with Gasteiger partial charge in [0.25, 0.3) is 5.91 Å². The Balaban J connectivity index is 3.04. The molecule has 134 valence electrons. The first-order chi connectivity index (χ1) is 10.9. The number of carbonyl (C=O) groups excluding carboxylic acids is 2. The van der Waals surface area contributed by atoms with Crippen LogP contribution in [0.15, 0.2) is 29.2 Å². The van der Waals surface area contributed by atoms with Crippen LogP contribution in [-0.4, -0.2) is 37.1 Å². The van der Waals surface area contributed by atoms with Crippen molar-refractivity contribution in [3.63, 3.8) is 0 Å². The first-order valence-corrected chi connectivity index (χ1v) is 9.36. The fourth-order valence-electron chi connectivity index (χ4n) is 1.97. The van der Waals surface area contributed by atoms with E-state index in [9.17, 15) is 18.0 Å². The number of nitrogens with one attached hydrogen (secondary N) is 2. The third kappa shape index (κ3) is 5.06. The normalized spacial score (nSPS) is 13.5. The zero-order chi connectivity index (χ0) is 18.7. The van der Waals surface area contributed by atoms with E-state index < -0.39 is 32.6 Å². The van der Waals surface area contributed by atoms with Crippen LogP contribution in [0.25, 0.3) is 0 Å². The highest BCUT2D eigenvalue weighted by Gasteiger charge is 2.27. The van der Waals surface area contributed by atoms with Crippen molar-refractivity contribution in [1.29, 1.82) is 0 Å². The Kier molecular flexibility index (Phi) is 6.16. The molecule has 0 spiro atoms. The molecule has 2 amide bonds. The van der Waals surface area contributed by atoms with Crippen LogP contribution in [0, 0.1) is 0 Å². The molecule has 6 nitrogen and oxygen atoms in total. The van der Waals surface area contributed by atoms with Gasteiger partial charge in [-0.2, -0.15) is 0 Å². The van der Waals surface area contributed by atoms with Gasteiger partial charge in [0.15, 0.2) is 9.84 Å². The lowest BCUT2D eigenvalue weighted by atomic mass is 10.1. The van der Waals surface area contributed by atoms with Gasteiger partial charge in [-0.3, -0.25) is 9.59 Å². The highest BCUT2D eigenvalue weighted by atomic mass is 32.2. The summed E-state index contributed by atoms with van der Waals surface area (Å²) in [5, 5.41) is 4.68. The van der Waals surface area contributed by atoms with E-state index in [1.807, 2.05) is 20.8 Å². The summed E-state index contributed by atoms with van der Waals surface area (Å²) in [7, 11) is -3.60. The molecule has 1 aromatic rings. The van der Waals surface area contributed by atoms with E-state index in [1.54, 1.807) is 32.9 Å². The number of rotatable bonds is 5. The molecule has 0 bridgehead atoms. The summed E-state index contributed by atoms with van der Waals surface area (Å²) in [4.78, 5) is 24.5. The van der Waals surface area contributed by atoms with E-state index in [4.69, 9.17) is 0 Å². The van der Waals surface area contributed by atoms with Crippen molar-refractivity contribution in [2.45, 2.75) is 63.3 Å². The third-order valence-corrected chi connectivity index (χ3v) is 5.51. The van der Waals surface area contributed by atoms with Gasteiger partial charge in [-0.15, -0.1) is 0 Å². The van der Waals surface area contributed by atoms with E-state index >= 15 is 0 Å². The molecule has 0 heterocycles. The van der Waals surface area contributed by atoms with Crippen molar-refractivity contribution in [3.05, 3.63) is 29.8 Å². The monoisotopic (exact) mass is 354 g/mol. The maximum atomic E-state index is 12.5. The summed E-state index contributed by atoms with van der Waals surface area (Å²) in [6.07, 6.45) is 0. The van der Waals surface area contributed by atoms with Gasteiger partial charge >= 0.3 is 0 Å². The second kappa shape index (κ2) is 7.34. The van der Waals surface area contributed by atoms with Gasteiger partial charge in [0, 0.05) is 5.54 Å². The van der Waals surface area contributed by atoms with Gasteiger partial charge in [0.1, 0.15) is 6.04 Å². The first kappa shape index (κ1) is 20.2. The van der Waals surface area contributed by atoms with E-state index in [2.05, 4.69) is 10.6 Å². The van der Waals surface area contributed by atoms with Gasteiger partial charge < -0.3 is 10.6 Å².